The normalized spacial score (nSPS) is 11.3. The van der Waals surface area contributed by atoms with Gasteiger partial charge in [-0.1, -0.05) is 0 Å². The minimum absolute atomic E-state index is 0.00892. The minimum atomic E-state index is -3.81. The molecule has 11 heteroatoms. The van der Waals surface area contributed by atoms with Crippen LogP contribution in [0.15, 0.2) is 21.6 Å². The summed E-state index contributed by atoms with van der Waals surface area (Å²) < 4.78 is 31.7. The largest absolute Gasteiger partial charge is 0.370 e. The quantitative estimate of drug-likeness (QED) is 0.259. The number of pyridine rings is 1. The maximum absolute atomic E-state index is 12.0. The number of primary amides is 1. The van der Waals surface area contributed by atoms with E-state index in [-0.39, 0.29) is 30.5 Å². The Kier molecular flexibility index (Phi) is 6.29. The average molecular weight is 368 g/mol. The number of anilines is 1. The lowest BCUT2D eigenvalue weighted by Crippen LogP contribution is -2.30. The second-order valence-electron chi connectivity index (χ2n) is 3.56. The van der Waals surface area contributed by atoms with E-state index in [0.717, 1.165) is 0 Å². The predicted molar refractivity (Wildman–Crippen MR) is 74.9 cm³/mol. The number of halogens is 1. The summed E-state index contributed by atoms with van der Waals surface area (Å²) in [5, 5.41) is 0. The van der Waals surface area contributed by atoms with E-state index in [1.54, 1.807) is 0 Å². The number of carbonyl (C=O) groups excluding carboxylic acids is 1. The molecule has 0 aliphatic heterocycles. The lowest BCUT2D eigenvalue weighted by Gasteiger charge is -2.10. The highest BCUT2D eigenvalue weighted by Crippen LogP contribution is 2.21. The molecule has 112 valence electrons. The van der Waals surface area contributed by atoms with Gasteiger partial charge >= 0.3 is 0 Å². The number of nitrogens with two attached hydrogens (primary N) is 2. The fraction of sp³-hybridized carbons (Fsp3) is 0.333. The highest BCUT2D eigenvalue weighted by Gasteiger charge is 2.19. The molecule has 0 unspecified atom stereocenters. The number of hydrogen-bond acceptors (Lipinski definition) is 7. The highest BCUT2D eigenvalue weighted by atomic mass is 79.9. The van der Waals surface area contributed by atoms with Crippen molar-refractivity contribution in [3.8, 4) is 0 Å². The van der Waals surface area contributed by atoms with Gasteiger partial charge in [0.15, 0.2) is 5.82 Å². The summed E-state index contributed by atoms with van der Waals surface area (Å²) in [6.07, 6.45) is 1.41. The number of hydrazine groups is 1. The number of hydrogen-bond donors (Lipinski definition) is 4. The van der Waals surface area contributed by atoms with Crippen molar-refractivity contribution in [1.82, 2.24) is 9.71 Å². The van der Waals surface area contributed by atoms with Crippen LogP contribution in [0.5, 0.6) is 0 Å². The second kappa shape index (κ2) is 7.50. The molecule has 1 amide bonds. The van der Waals surface area contributed by atoms with Crippen LogP contribution in [-0.4, -0.2) is 39.1 Å². The van der Waals surface area contributed by atoms with E-state index in [1.165, 1.54) is 12.3 Å². The molecule has 1 rings (SSSR count). The van der Waals surface area contributed by atoms with Gasteiger partial charge in [0, 0.05) is 17.2 Å². The Balaban J connectivity index is 2.69. The molecular formula is C9H14BrN5O4S. The van der Waals surface area contributed by atoms with Crippen LogP contribution in [0.2, 0.25) is 0 Å². The molecule has 0 spiro atoms. The van der Waals surface area contributed by atoms with E-state index in [9.17, 15) is 13.2 Å². The van der Waals surface area contributed by atoms with Crippen LogP contribution in [-0.2, 0) is 19.6 Å². The minimum Gasteiger partial charge on any atom is -0.370 e. The summed E-state index contributed by atoms with van der Waals surface area (Å²) in [6.45, 7) is -0.281. The lowest BCUT2D eigenvalue weighted by atomic mass is 10.5. The first kappa shape index (κ1) is 16.8. The summed E-state index contributed by atoms with van der Waals surface area (Å²) >= 11 is 3.13. The van der Waals surface area contributed by atoms with Crippen molar-refractivity contribution < 1.29 is 17.9 Å². The number of carbonyl (C=O) groups is 1. The van der Waals surface area contributed by atoms with E-state index >= 15 is 0 Å². The lowest BCUT2D eigenvalue weighted by molar-refractivity contribution is -0.122. The third kappa shape index (κ3) is 5.02. The Morgan fingerprint density at radius 3 is 2.80 bits per heavy atom. The number of nitrogens with zero attached hydrogens (tertiary/aromatic N) is 1. The fourth-order valence-corrected chi connectivity index (χ4v) is 2.87. The monoisotopic (exact) mass is 367 g/mol. The number of rotatable bonds is 8. The van der Waals surface area contributed by atoms with Gasteiger partial charge in [-0.3, -0.25) is 4.79 Å². The molecule has 0 saturated carbocycles. The van der Waals surface area contributed by atoms with E-state index in [0.29, 0.717) is 4.47 Å². The van der Waals surface area contributed by atoms with Gasteiger partial charge in [0.2, 0.25) is 15.9 Å². The SMILES string of the molecule is NNc1ncc(Br)cc1S(=O)(=O)NCCOCC(N)=O. The molecular weight excluding hydrogens is 354 g/mol. The van der Waals surface area contributed by atoms with Crippen molar-refractivity contribution >= 4 is 37.7 Å². The van der Waals surface area contributed by atoms with Crippen LogP contribution >= 0.6 is 15.9 Å². The van der Waals surface area contributed by atoms with Crippen molar-refractivity contribution in [3.05, 3.63) is 16.7 Å². The zero-order chi connectivity index (χ0) is 15.2. The molecule has 0 atom stereocenters. The van der Waals surface area contributed by atoms with Gasteiger partial charge in [0.1, 0.15) is 11.5 Å². The average Bonchev–Trinajstić information content (AvgIpc) is 2.37. The number of sulfonamides is 1. The van der Waals surface area contributed by atoms with Gasteiger partial charge < -0.3 is 15.9 Å². The van der Waals surface area contributed by atoms with Crippen LogP contribution in [0.1, 0.15) is 0 Å². The first-order chi connectivity index (χ1) is 9.36. The zero-order valence-electron chi connectivity index (χ0n) is 10.3. The summed E-state index contributed by atoms with van der Waals surface area (Å²) in [4.78, 5) is 14.2. The number of ether oxygens (including phenoxy) is 1. The maximum Gasteiger partial charge on any atom is 0.244 e. The maximum atomic E-state index is 12.0. The molecule has 0 aliphatic rings. The predicted octanol–water partition coefficient (Wildman–Crippen LogP) is -1.09. The smallest absolute Gasteiger partial charge is 0.244 e. The van der Waals surface area contributed by atoms with E-state index < -0.39 is 15.9 Å². The fourth-order valence-electron chi connectivity index (χ4n) is 1.23. The first-order valence-corrected chi connectivity index (χ1v) is 7.62. The molecule has 0 fully saturated rings. The second-order valence-corrected chi connectivity index (χ2v) is 6.21. The number of amides is 1. The van der Waals surface area contributed by atoms with Crippen LogP contribution in [0, 0.1) is 0 Å². The van der Waals surface area contributed by atoms with Gasteiger partial charge in [-0.15, -0.1) is 0 Å². The highest BCUT2D eigenvalue weighted by molar-refractivity contribution is 9.10. The summed E-state index contributed by atoms with van der Waals surface area (Å²) in [5.41, 5.74) is 7.07. The molecule has 0 aromatic carbocycles. The topological polar surface area (TPSA) is 149 Å². The molecule has 0 radical (unpaired) electrons. The summed E-state index contributed by atoms with van der Waals surface area (Å²) in [5.74, 6) is 4.60. The van der Waals surface area contributed by atoms with Crippen LogP contribution in [0.3, 0.4) is 0 Å². The third-order valence-electron chi connectivity index (χ3n) is 2.03. The Labute approximate surface area is 124 Å². The molecule has 0 bridgehead atoms. The molecule has 1 aromatic heterocycles. The van der Waals surface area contributed by atoms with Gasteiger partial charge in [-0.2, -0.15) is 0 Å². The van der Waals surface area contributed by atoms with Crippen LogP contribution < -0.4 is 21.7 Å². The third-order valence-corrected chi connectivity index (χ3v) is 3.94. The molecule has 6 N–H and O–H groups in total. The number of nitrogens with one attached hydrogen (secondary N) is 2. The zero-order valence-corrected chi connectivity index (χ0v) is 12.7. The Bertz CT molecular complexity index is 580. The van der Waals surface area contributed by atoms with E-state index in [1.807, 2.05) is 0 Å². The Morgan fingerprint density at radius 1 is 1.50 bits per heavy atom. The number of aromatic nitrogens is 1. The van der Waals surface area contributed by atoms with E-state index in [4.69, 9.17) is 16.3 Å². The Hall–Kier alpha value is -1.27. The standard InChI is InChI=1S/C9H14BrN5O4S/c10-6-3-7(9(15-12)13-4-6)20(17,18)14-1-2-19-5-8(11)16/h3-4,14H,1-2,5,12H2,(H2,11,16)(H,13,15). The van der Waals surface area contributed by atoms with Crippen LogP contribution in [0.25, 0.3) is 0 Å². The first-order valence-electron chi connectivity index (χ1n) is 5.34. The molecule has 1 aromatic rings. The summed E-state index contributed by atoms with van der Waals surface area (Å²) in [7, 11) is -3.81. The van der Waals surface area contributed by atoms with Crippen molar-refractivity contribution in [2.24, 2.45) is 11.6 Å². The molecule has 1 heterocycles. The van der Waals surface area contributed by atoms with Gasteiger partial charge in [-0.25, -0.2) is 24.0 Å². The van der Waals surface area contributed by atoms with Crippen molar-refractivity contribution in [3.63, 3.8) is 0 Å². The van der Waals surface area contributed by atoms with Gasteiger partial charge in [0.25, 0.3) is 0 Å². The molecule has 0 aliphatic carbocycles. The molecule has 9 nitrogen and oxygen atoms in total. The number of nitrogen functional groups attached to an aromatic ring is 1. The van der Waals surface area contributed by atoms with Crippen molar-refractivity contribution in [2.45, 2.75) is 4.90 Å². The van der Waals surface area contributed by atoms with Crippen LogP contribution in [0.4, 0.5) is 5.82 Å². The molecule has 20 heavy (non-hydrogen) atoms. The van der Waals surface area contributed by atoms with Crippen molar-refractivity contribution in [1.29, 1.82) is 0 Å². The van der Waals surface area contributed by atoms with Gasteiger partial charge in [-0.05, 0) is 22.0 Å². The molecule has 0 saturated heterocycles. The Morgan fingerprint density at radius 2 is 2.20 bits per heavy atom. The van der Waals surface area contributed by atoms with Crippen molar-refractivity contribution in [2.75, 3.05) is 25.2 Å². The van der Waals surface area contributed by atoms with Gasteiger partial charge in [0.05, 0.1) is 6.61 Å². The van der Waals surface area contributed by atoms with E-state index in [2.05, 4.69) is 31.1 Å². The summed E-state index contributed by atoms with van der Waals surface area (Å²) in [6, 6.07) is 1.36.